The van der Waals surface area contributed by atoms with Gasteiger partial charge in [-0.2, -0.15) is 0 Å². The zero-order chi connectivity index (χ0) is 21.0. The van der Waals surface area contributed by atoms with Crippen molar-refractivity contribution in [3.05, 3.63) is 63.6 Å². The van der Waals surface area contributed by atoms with E-state index in [2.05, 4.69) is 6.92 Å². The third kappa shape index (κ3) is 5.87. The number of amides is 1. The highest BCUT2D eigenvalue weighted by Gasteiger charge is 2.35. The lowest BCUT2D eigenvalue weighted by molar-refractivity contribution is -0.136. The van der Waals surface area contributed by atoms with Gasteiger partial charge in [0.25, 0.3) is 5.91 Å². The van der Waals surface area contributed by atoms with Crippen LogP contribution in [0.2, 0.25) is 10.0 Å². The van der Waals surface area contributed by atoms with Crippen LogP contribution in [0.15, 0.2) is 42.5 Å². The van der Waals surface area contributed by atoms with Crippen LogP contribution in [-0.4, -0.2) is 43.4 Å². The van der Waals surface area contributed by atoms with Crippen LogP contribution in [0.3, 0.4) is 0 Å². The molecule has 1 amide bonds. The van der Waals surface area contributed by atoms with E-state index in [1.54, 1.807) is 23.1 Å². The normalized spacial score (nSPS) is 17.8. The second-order valence-electron chi connectivity index (χ2n) is 7.10. The highest BCUT2D eigenvalue weighted by atomic mass is 35.5. The maximum absolute atomic E-state index is 13.0. The van der Waals surface area contributed by atoms with Gasteiger partial charge in [-0.1, -0.05) is 48.3 Å². The third-order valence-electron chi connectivity index (χ3n) is 5.02. The molecule has 1 saturated heterocycles. The molecule has 0 N–H and O–H groups in total. The van der Waals surface area contributed by atoms with E-state index in [9.17, 15) is 13.2 Å². The predicted molar refractivity (Wildman–Crippen MR) is 115 cm³/mol. The van der Waals surface area contributed by atoms with Gasteiger partial charge in [-0.05, 0) is 48.2 Å². The summed E-state index contributed by atoms with van der Waals surface area (Å²) >= 11 is 12.2. The monoisotopic (exact) mass is 455 g/mol. The van der Waals surface area contributed by atoms with Gasteiger partial charge in [-0.3, -0.25) is 4.79 Å². The molecule has 1 heterocycles. The molecular weight excluding hydrogens is 433 g/mol. The number of halogens is 2. The van der Waals surface area contributed by atoms with Crippen LogP contribution in [0, 0.1) is 0 Å². The molecule has 0 saturated carbocycles. The number of ether oxygens (including phenoxy) is 1. The number of hydrogen-bond donors (Lipinski definition) is 0. The second kappa shape index (κ2) is 9.37. The lowest BCUT2D eigenvalue weighted by atomic mass is 10.1. The van der Waals surface area contributed by atoms with E-state index in [-0.39, 0.29) is 30.6 Å². The molecule has 1 aliphatic heterocycles. The summed E-state index contributed by atoms with van der Waals surface area (Å²) in [6, 6.07) is 12.2. The molecule has 0 spiro atoms. The maximum atomic E-state index is 13.0. The topological polar surface area (TPSA) is 63.7 Å². The summed E-state index contributed by atoms with van der Waals surface area (Å²) in [6.45, 7) is 2.09. The quantitative estimate of drug-likeness (QED) is 0.628. The Balaban J connectivity index is 1.75. The molecule has 156 valence electrons. The molecule has 29 heavy (non-hydrogen) atoms. The van der Waals surface area contributed by atoms with E-state index in [0.29, 0.717) is 27.8 Å². The van der Waals surface area contributed by atoms with E-state index < -0.39 is 15.9 Å². The van der Waals surface area contributed by atoms with Gasteiger partial charge in [0.1, 0.15) is 5.75 Å². The highest BCUT2D eigenvalue weighted by molar-refractivity contribution is 7.91. The fraction of sp³-hybridized carbons (Fsp3) is 0.381. The van der Waals surface area contributed by atoms with Crippen molar-refractivity contribution < 1.29 is 17.9 Å². The highest BCUT2D eigenvalue weighted by Crippen LogP contribution is 2.26. The third-order valence-corrected chi connectivity index (χ3v) is 7.36. The van der Waals surface area contributed by atoms with Crippen LogP contribution in [-0.2, 0) is 27.6 Å². The van der Waals surface area contributed by atoms with Gasteiger partial charge in [0.2, 0.25) is 0 Å². The van der Waals surface area contributed by atoms with Crippen molar-refractivity contribution in [3.63, 3.8) is 0 Å². The van der Waals surface area contributed by atoms with Crippen molar-refractivity contribution in [1.82, 2.24) is 4.90 Å². The molecule has 0 radical (unpaired) electrons. The molecule has 1 aliphatic rings. The summed E-state index contributed by atoms with van der Waals surface area (Å²) in [6.07, 6.45) is 1.33. The van der Waals surface area contributed by atoms with Gasteiger partial charge in [0.05, 0.1) is 11.5 Å². The number of hydrogen-bond acceptors (Lipinski definition) is 4. The Morgan fingerprint density at radius 3 is 2.48 bits per heavy atom. The number of sulfone groups is 1. The fourth-order valence-electron chi connectivity index (χ4n) is 3.32. The zero-order valence-corrected chi connectivity index (χ0v) is 18.4. The van der Waals surface area contributed by atoms with Crippen LogP contribution < -0.4 is 4.74 Å². The van der Waals surface area contributed by atoms with E-state index in [1.165, 1.54) is 5.56 Å². The van der Waals surface area contributed by atoms with Crippen molar-refractivity contribution in [2.75, 3.05) is 18.1 Å². The minimum atomic E-state index is -3.15. The molecule has 8 heteroatoms. The Kier molecular flexibility index (Phi) is 7.09. The van der Waals surface area contributed by atoms with Gasteiger partial charge < -0.3 is 9.64 Å². The number of carbonyl (C=O) groups excluding carboxylic acids is 1. The van der Waals surface area contributed by atoms with Crippen LogP contribution in [0.5, 0.6) is 5.75 Å². The van der Waals surface area contributed by atoms with E-state index in [1.807, 2.05) is 24.3 Å². The van der Waals surface area contributed by atoms with Gasteiger partial charge in [0.15, 0.2) is 16.4 Å². The summed E-state index contributed by atoms with van der Waals surface area (Å²) in [5.74, 6) is 0.348. The lowest BCUT2D eigenvalue weighted by Gasteiger charge is -2.29. The Labute approximate surface area is 181 Å². The minimum absolute atomic E-state index is 0.0465. The van der Waals surface area contributed by atoms with Crippen molar-refractivity contribution in [1.29, 1.82) is 0 Å². The summed E-state index contributed by atoms with van der Waals surface area (Å²) < 4.78 is 29.6. The van der Waals surface area contributed by atoms with Crippen LogP contribution in [0.25, 0.3) is 0 Å². The molecule has 0 aromatic heterocycles. The standard InChI is InChI=1S/C21H23Cl2NO4S/c1-2-15-3-7-19(8-4-15)28-13-21(25)24(18-9-10-29(26,27)14-18)12-16-5-6-17(22)11-20(16)23/h3-8,11,18H,2,9-10,12-14H2,1H3. The largest absolute Gasteiger partial charge is 0.484 e. The van der Waals surface area contributed by atoms with Crippen molar-refractivity contribution >= 4 is 38.9 Å². The average molecular weight is 456 g/mol. The SMILES string of the molecule is CCc1ccc(OCC(=O)N(Cc2ccc(Cl)cc2Cl)C2CCS(=O)(=O)C2)cc1. The summed E-state index contributed by atoms with van der Waals surface area (Å²) in [7, 11) is -3.15. The first-order valence-corrected chi connectivity index (χ1v) is 12.0. The van der Waals surface area contributed by atoms with Crippen LogP contribution >= 0.6 is 23.2 Å². The maximum Gasteiger partial charge on any atom is 0.261 e. The number of nitrogens with zero attached hydrogens (tertiary/aromatic N) is 1. The Bertz CT molecular complexity index is 977. The lowest BCUT2D eigenvalue weighted by Crippen LogP contribution is -2.43. The molecule has 2 aromatic carbocycles. The van der Waals surface area contributed by atoms with Gasteiger partial charge in [0, 0.05) is 22.6 Å². The first-order chi connectivity index (χ1) is 13.8. The molecule has 1 fully saturated rings. The molecular formula is C21H23Cl2NO4S. The fourth-order valence-corrected chi connectivity index (χ4v) is 5.52. The van der Waals surface area contributed by atoms with Crippen LogP contribution in [0.4, 0.5) is 0 Å². The average Bonchev–Trinajstić information content (AvgIpc) is 3.05. The summed E-state index contributed by atoms with van der Waals surface area (Å²) in [5.41, 5.74) is 1.89. The predicted octanol–water partition coefficient (Wildman–Crippen LogP) is 4.15. The van der Waals surface area contributed by atoms with Crippen LogP contribution in [0.1, 0.15) is 24.5 Å². The molecule has 1 unspecified atom stereocenters. The minimum Gasteiger partial charge on any atom is -0.484 e. The zero-order valence-electron chi connectivity index (χ0n) is 16.1. The second-order valence-corrected chi connectivity index (χ2v) is 10.2. The number of benzene rings is 2. The van der Waals surface area contributed by atoms with Gasteiger partial charge in [-0.15, -0.1) is 0 Å². The first kappa shape index (κ1) is 21.9. The number of aryl methyl sites for hydroxylation is 1. The Morgan fingerprint density at radius 2 is 1.90 bits per heavy atom. The molecule has 1 atom stereocenters. The molecule has 0 bridgehead atoms. The van der Waals surface area contributed by atoms with Gasteiger partial charge >= 0.3 is 0 Å². The molecule has 3 rings (SSSR count). The molecule has 0 aliphatic carbocycles. The number of carbonyl (C=O) groups is 1. The molecule has 5 nitrogen and oxygen atoms in total. The Morgan fingerprint density at radius 1 is 1.17 bits per heavy atom. The summed E-state index contributed by atoms with van der Waals surface area (Å²) in [5, 5.41) is 0.936. The molecule has 2 aromatic rings. The van der Waals surface area contributed by atoms with E-state index in [0.717, 1.165) is 6.42 Å². The number of rotatable bonds is 7. The Hall–Kier alpha value is -1.76. The smallest absolute Gasteiger partial charge is 0.261 e. The first-order valence-electron chi connectivity index (χ1n) is 9.43. The van der Waals surface area contributed by atoms with Crippen molar-refractivity contribution in [2.45, 2.75) is 32.4 Å². The van der Waals surface area contributed by atoms with Crippen molar-refractivity contribution in [2.24, 2.45) is 0 Å². The van der Waals surface area contributed by atoms with E-state index >= 15 is 0 Å². The van der Waals surface area contributed by atoms with Gasteiger partial charge in [-0.25, -0.2) is 8.42 Å². The summed E-state index contributed by atoms with van der Waals surface area (Å²) in [4.78, 5) is 14.5. The van der Waals surface area contributed by atoms with E-state index in [4.69, 9.17) is 27.9 Å². The van der Waals surface area contributed by atoms with Crippen molar-refractivity contribution in [3.8, 4) is 5.75 Å².